The van der Waals surface area contributed by atoms with Gasteiger partial charge in [0.25, 0.3) is 11.8 Å². The lowest BCUT2D eigenvalue weighted by Gasteiger charge is -2.11. The van der Waals surface area contributed by atoms with Gasteiger partial charge in [0.05, 0.1) is 5.56 Å². The lowest BCUT2D eigenvalue weighted by molar-refractivity contribution is -0.123. The summed E-state index contributed by atoms with van der Waals surface area (Å²) >= 11 is 5.42. The molecule has 7 heteroatoms. The van der Waals surface area contributed by atoms with E-state index in [-0.39, 0.29) is 12.5 Å². The largest absolute Gasteiger partial charge is 0.483 e. The van der Waals surface area contributed by atoms with Gasteiger partial charge in [-0.25, -0.2) is 0 Å². The van der Waals surface area contributed by atoms with Crippen LogP contribution < -0.4 is 15.6 Å². The molecule has 0 saturated heterocycles. The van der Waals surface area contributed by atoms with Crippen LogP contribution in [0, 0.1) is 10.5 Å². The lowest BCUT2D eigenvalue weighted by Crippen LogP contribution is -2.44. The third kappa shape index (κ3) is 5.21. The third-order valence-electron chi connectivity index (χ3n) is 2.93. The van der Waals surface area contributed by atoms with Crippen LogP contribution in [0.3, 0.4) is 0 Å². The van der Waals surface area contributed by atoms with Crippen molar-refractivity contribution in [3.05, 3.63) is 61.6 Å². The average molecular weight is 489 g/mol. The van der Waals surface area contributed by atoms with Gasteiger partial charge in [0.1, 0.15) is 5.75 Å². The Morgan fingerprint density at radius 2 is 1.91 bits per heavy atom. The maximum atomic E-state index is 12.0. The Balaban J connectivity index is 1.83. The van der Waals surface area contributed by atoms with Gasteiger partial charge in [-0.2, -0.15) is 0 Å². The molecule has 2 aromatic carbocycles. The van der Waals surface area contributed by atoms with Gasteiger partial charge < -0.3 is 4.74 Å². The molecule has 0 aliphatic heterocycles. The summed E-state index contributed by atoms with van der Waals surface area (Å²) in [6.07, 6.45) is 0. The minimum atomic E-state index is -0.438. The molecule has 0 spiro atoms. The summed E-state index contributed by atoms with van der Waals surface area (Å²) in [5.41, 5.74) is 6.11. The molecule has 0 saturated carbocycles. The summed E-state index contributed by atoms with van der Waals surface area (Å²) in [6.45, 7) is 1.70. The van der Waals surface area contributed by atoms with Crippen LogP contribution in [0.4, 0.5) is 0 Å². The first-order chi connectivity index (χ1) is 11.0. The average Bonchev–Trinajstić information content (AvgIpc) is 2.52. The van der Waals surface area contributed by atoms with E-state index in [1.54, 1.807) is 18.2 Å². The maximum Gasteiger partial charge on any atom is 0.276 e. The molecule has 2 rings (SSSR count). The molecule has 0 radical (unpaired) electrons. The SMILES string of the molecule is Cc1cc(Br)ccc1OCC(=O)NNC(=O)c1ccccc1I. The molecule has 0 aromatic heterocycles. The van der Waals surface area contributed by atoms with Crippen LogP contribution in [-0.2, 0) is 4.79 Å². The first kappa shape index (κ1) is 17.7. The fourth-order valence-electron chi connectivity index (χ4n) is 1.79. The first-order valence-electron chi connectivity index (χ1n) is 6.70. The molecule has 0 heterocycles. The quantitative estimate of drug-likeness (QED) is 0.513. The van der Waals surface area contributed by atoms with Gasteiger partial charge in [-0.05, 0) is 65.4 Å². The molecule has 0 aliphatic carbocycles. The highest BCUT2D eigenvalue weighted by molar-refractivity contribution is 14.1. The fraction of sp³-hybridized carbons (Fsp3) is 0.125. The first-order valence-corrected chi connectivity index (χ1v) is 8.57. The van der Waals surface area contributed by atoms with Gasteiger partial charge in [-0.3, -0.25) is 20.4 Å². The molecule has 5 nitrogen and oxygen atoms in total. The predicted octanol–water partition coefficient (Wildman–Crippen LogP) is 3.20. The Labute approximate surface area is 156 Å². The highest BCUT2D eigenvalue weighted by atomic mass is 127. The Kier molecular flexibility index (Phi) is 6.40. The molecule has 120 valence electrons. The lowest BCUT2D eigenvalue weighted by atomic mass is 10.2. The van der Waals surface area contributed by atoms with E-state index < -0.39 is 5.91 Å². The summed E-state index contributed by atoms with van der Waals surface area (Å²) in [5.74, 6) is -0.193. The molecule has 23 heavy (non-hydrogen) atoms. The Morgan fingerprint density at radius 3 is 2.61 bits per heavy atom. The third-order valence-corrected chi connectivity index (χ3v) is 4.36. The van der Waals surface area contributed by atoms with Crippen molar-refractivity contribution in [2.45, 2.75) is 6.92 Å². The topological polar surface area (TPSA) is 67.4 Å². The van der Waals surface area contributed by atoms with Crippen molar-refractivity contribution in [1.82, 2.24) is 10.9 Å². The van der Waals surface area contributed by atoms with Crippen LogP contribution in [-0.4, -0.2) is 18.4 Å². The normalized spacial score (nSPS) is 10.0. The minimum absolute atomic E-state index is 0.186. The van der Waals surface area contributed by atoms with Crippen molar-refractivity contribution in [3.8, 4) is 5.75 Å². The van der Waals surface area contributed by atoms with E-state index in [1.807, 2.05) is 31.2 Å². The molecule has 0 unspecified atom stereocenters. The van der Waals surface area contributed by atoms with Crippen molar-refractivity contribution in [2.75, 3.05) is 6.61 Å². The van der Waals surface area contributed by atoms with Gasteiger partial charge in [-0.1, -0.05) is 28.1 Å². The summed E-state index contributed by atoms with van der Waals surface area (Å²) in [7, 11) is 0. The van der Waals surface area contributed by atoms with Crippen LogP contribution >= 0.6 is 38.5 Å². The minimum Gasteiger partial charge on any atom is -0.483 e. The number of halogens is 2. The molecule has 0 bridgehead atoms. The van der Waals surface area contributed by atoms with E-state index in [0.29, 0.717) is 11.3 Å². The van der Waals surface area contributed by atoms with Gasteiger partial charge >= 0.3 is 0 Å². The maximum absolute atomic E-state index is 12.0. The molecule has 0 atom stereocenters. The summed E-state index contributed by atoms with van der Waals surface area (Å²) in [4.78, 5) is 23.7. The number of rotatable bonds is 4. The highest BCUT2D eigenvalue weighted by Crippen LogP contribution is 2.21. The van der Waals surface area contributed by atoms with Crippen molar-refractivity contribution in [3.63, 3.8) is 0 Å². The molecular formula is C16H14BrIN2O3. The van der Waals surface area contributed by atoms with Crippen molar-refractivity contribution in [1.29, 1.82) is 0 Å². The second kappa shape index (κ2) is 8.30. The zero-order valence-electron chi connectivity index (χ0n) is 12.2. The van der Waals surface area contributed by atoms with Gasteiger partial charge in [0.15, 0.2) is 6.61 Å². The number of hydrogen-bond donors (Lipinski definition) is 2. The van der Waals surface area contributed by atoms with Crippen LogP contribution in [0.15, 0.2) is 46.9 Å². The molecule has 0 fully saturated rings. The smallest absolute Gasteiger partial charge is 0.276 e. The monoisotopic (exact) mass is 488 g/mol. The van der Waals surface area contributed by atoms with E-state index in [0.717, 1.165) is 13.6 Å². The second-order valence-electron chi connectivity index (χ2n) is 4.68. The Morgan fingerprint density at radius 1 is 1.17 bits per heavy atom. The number of hydrazine groups is 1. The highest BCUT2D eigenvalue weighted by Gasteiger charge is 2.11. The number of hydrogen-bond acceptors (Lipinski definition) is 3. The summed E-state index contributed by atoms with van der Waals surface area (Å²) in [5, 5.41) is 0. The predicted molar refractivity (Wildman–Crippen MR) is 99.1 cm³/mol. The summed E-state index contributed by atoms with van der Waals surface area (Å²) in [6, 6.07) is 12.6. The van der Waals surface area contributed by atoms with Gasteiger partial charge in [0.2, 0.25) is 0 Å². The number of ether oxygens (including phenoxy) is 1. The molecule has 0 aliphatic rings. The van der Waals surface area contributed by atoms with E-state index >= 15 is 0 Å². The van der Waals surface area contributed by atoms with E-state index in [1.165, 1.54) is 0 Å². The number of benzene rings is 2. The van der Waals surface area contributed by atoms with Crippen LogP contribution in [0.1, 0.15) is 15.9 Å². The number of amides is 2. The zero-order valence-corrected chi connectivity index (χ0v) is 16.0. The standard InChI is InChI=1S/C16H14BrIN2O3/c1-10-8-11(17)6-7-14(10)23-9-15(21)19-20-16(22)12-4-2-3-5-13(12)18/h2-8H,9H2,1H3,(H,19,21)(H,20,22). The Hall–Kier alpha value is -1.61. The number of nitrogens with one attached hydrogen (secondary N) is 2. The van der Waals surface area contributed by atoms with Crippen molar-refractivity contribution >= 4 is 50.3 Å². The van der Waals surface area contributed by atoms with E-state index in [2.05, 4.69) is 49.4 Å². The van der Waals surface area contributed by atoms with Crippen LogP contribution in [0.5, 0.6) is 5.75 Å². The number of carbonyl (C=O) groups excluding carboxylic acids is 2. The Bertz CT molecular complexity index is 737. The van der Waals surface area contributed by atoms with Gasteiger partial charge in [-0.15, -0.1) is 0 Å². The number of carbonyl (C=O) groups is 2. The van der Waals surface area contributed by atoms with Crippen LogP contribution in [0.2, 0.25) is 0 Å². The molecular weight excluding hydrogens is 475 g/mol. The van der Waals surface area contributed by atoms with Gasteiger partial charge in [0, 0.05) is 8.04 Å². The van der Waals surface area contributed by atoms with Crippen molar-refractivity contribution in [2.24, 2.45) is 0 Å². The zero-order chi connectivity index (χ0) is 16.8. The molecule has 2 amide bonds. The van der Waals surface area contributed by atoms with Crippen LogP contribution in [0.25, 0.3) is 0 Å². The number of aryl methyl sites for hydroxylation is 1. The second-order valence-corrected chi connectivity index (χ2v) is 6.76. The molecule has 2 aromatic rings. The summed E-state index contributed by atoms with van der Waals surface area (Å²) < 4.78 is 7.18. The van der Waals surface area contributed by atoms with Crippen molar-refractivity contribution < 1.29 is 14.3 Å². The van der Waals surface area contributed by atoms with E-state index in [9.17, 15) is 9.59 Å². The molecule has 2 N–H and O–H groups in total. The fourth-order valence-corrected chi connectivity index (χ4v) is 2.90. The van der Waals surface area contributed by atoms with E-state index in [4.69, 9.17) is 4.74 Å².